The average molecular weight is 695 g/mol. The van der Waals surface area contributed by atoms with Crippen LogP contribution in [0.3, 0.4) is 0 Å². The number of piperazine rings is 1. The number of ether oxygens (including phenoxy) is 3. The van der Waals surface area contributed by atoms with Gasteiger partial charge < -0.3 is 29.0 Å². The number of methoxy groups -OCH3 is 3. The number of pyridine rings is 2. The predicted molar refractivity (Wildman–Crippen MR) is 195 cm³/mol. The van der Waals surface area contributed by atoms with Gasteiger partial charge in [0, 0.05) is 66.6 Å². The van der Waals surface area contributed by atoms with Gasteiger partial charge >= 0.3 is 0 Å². The number of likely N-dealkylation sites (N-methyl/N-ethyl adjacent to an activating group) is 1. The lowest BCUT2D eigenvalue weighted by molar-refractivity contribution is -0.111. The zero-order chi connectivity index (χ0) is 34.9. The molecule has 5 rings (SSSR count). The van der Waals surface area contributed by atoms with Crippen molar-refractivity contribution >= 4 is 51.4 Å². The minimum absolute atomic E-state index is 0.200. The van der Waals surface area contributed by atoms with E-state index in [9.17, 15) is 9.59 Å². The van der Waals surface area contributed by atoms with Gasteiger partial charge in [-0.2, -0.15) is 0 Å². The molecule has 1 aliphatic rings. The monoisotopic (exact) mass is 693 g/mol. The molecule has 254 valence electrons. The van der Waals surface area contributed by atoms with Crippen molar-refractivity contribution < 1.29 is 19.0 Å². The molecule has 1 amide bonds. The summed E-state index contributed by atoms with van der Waals surface area (Å²) in [5.41, 5.74) is 3.63. The zero-order valence-electron chi connectivity index (χ0n) is 28.3. The molecule has 2 unspecified atom stereocenters. The maximum absolute atomic E-state index is 14.1. The maximum Gasteiger partial charge on any atom is 0.259 e. The van der Waals surface area contributed by atoms with E-state index in [0.29, 0.717) is 69.3 Å². The molecule has 1 N–H and O–H groups in total. The van der Waals surface area contributed by atoms with Gasteiger partial charge in [0.15, 0.2) is 0 Å². The molecule has 0 aliphatic carbocycles. The SMILES string of the molecule is C=CC(=O)Nc1cc(-c2cc3c(cn2)cc(-c2c(Cl)c(OC)cc(OC)c2Cl)c(=O)n3CC)c(OC)cc1N1CC(C)N(CC)C(C)C1. The Morgan fingerprint density at radius 1 is 0.938 bits per heavy atom. The molecule has 0 bridgehead atoms. The first kappa shape index (κ1) is 35.1. The van der Waals surface area contributed by atoms with Gasteiger partial charge in [0.25, 0.3) is 5.56 Å². The summed E-state index contributed by atoms with van der Waals surface area (Å²) in [6.07, 6.45) is 2.94. The lowest BCUT2D eigenvalue weighted by Gasteiger charge is -2.45. The smallest absolute Gasteiger partial charge is 0.259 e. The molecular weight excluding hydrogens is 653 g/mol. The van der Waals surface area contributed by atoms with Crippen molar-refractivity contribution in [3.63, 3.8) is 0 Å². The third kappa shape index (κ3) is 6.32. The van der Waals surface area contributed by atoms with E-state index in [0.717, 1.165) is 25.3 Å². The molecule has 0 saturated carbocycles. The van der Waals surface area contributed by atoms with Crippen LogP contribution < -0.4 is 30.0 Å². The molecule has 2 atom stereocenters. The summed E-state index contributed by atoms with van der Waals surface area (Å²) in [6, 6.07) is 9.59. The largest absolute Gasteiger partial charge is 0.496 e. The first-order valence-corrected chi connectivity index (χ1v) is 16.6. The van der Waals surface area contributed by atoms with E-state index in [2.05, 4.69) is 42.5 Å². The number of amides is 1. The van der Waals surface area contributed by atoms with Gasteiger partial charge in [-0.1, -0.05) is 36.7 Å². The number of fused-ring (bicyclic) bond motifs is 1. The van der Waals surface area contributed by atoms with E-state index in [1.165, 1.54) is 20.3 Å². The summed E-state index contributed by atoms with van der Waals surface area (Å²) in [7, 11) is 4.57. The summed E-state index contributed by atoms with van der Waals surface area (Å²) >= 11 is 13.4. The van der Waals surface area contributed by atoms with Crippen LogP contribution >= 0.6 is 23.2 Å². The minimum Gasteiger partial charge on any atom is -0.496 e. The highest BCUT2D eigenvalue weighted by Crippen LogP contribution is 2.46. The van der Waals surface area contributed by atoms with Crippen LogP contribution in [0.4, 0.5) is 11.4 Å². The second kappa shape index (κ2) is 14.5. The van der Waals surface area contributed by atoms with Crippen LogP contribution in [0.2, 0.25) is 10.0 Å². The number of hydrogen-bond acceptors (Lipinski definition) is 8. The van der Waals surface area contributed by atoms with Gasteiger partial charge in [-0.25, -0.2) is 0 Å². The summed E-state index contributed by atoms with van der Waals surface area (Å²) in [5.74, 6) is 0.909. The molecule has 2 aromatic carbocycles. The highest BCUT2D eigenvalue weighted by molar-refractivity contribution is 6.41. The Morgan fingerprint density at radius 2 is 1.56 bits per heavy atom. The third-order valence-electron chi connectivity index (χ3n) is 8.98. The second-order valence-corrected chi connectivity index (χ2v) is 12.5. The standard InChI is InChI=1S/C36H41Cl2N5O5/c1-9-32(44)40-26-13-23(29(46-6)15-28(26)41-18-20(4)42(10-2)21(5)19-41)25-14-27-22(17-39-25)12-24(36(45)43(27)11-3)33-34(37)30(47-7)16-31(48-8)35(33)38/h9,12-17,20-21H,1,10-11,18-19H2,2-8H3,(H,40,44). The Kier molecular flexibility index (Phi) is 10.6. The fourth-order valence-electron chi connectivity index (χ4n) is 6.70. The minimum atomic E-state index is -0.328. The molecular formula is C36H41Cl2N5O5. The number of benzene rings is 2. The first-order valence-electron chi connectivity index (χ1n) is 15.8. The predicted octanol–water partition coefficient (Wildman–Crippen LogP) is 7.13. The Hall–Kier alpha value is -4.25. The van der Waals surface area contributed by atoms with E-state index in [-0.39, 0.29) is 27.1 Å². The Bertz CT molecular complexity index is 1900. The fraction of sp³-hybridized carbons (Fsp3) is 0.361. The number of hydrogen-bond donors (Lipinski definition) is 1. The highest BCUT2D eigenvalue weighted by atomic mass is 35.5. The highest BCUT2D eigenvalue weighted by Gasteiger charge is 2.31. The van der Waals surface area contributed by atoms with Gasteiger partial charge in [0.05, 0.1) is 59.5 Å². The zero-order valence-corrected chi connectivity index (χ0v) is 29.8. The summed E-state index contributed by atoms with van der Waals surface area (Å²) in [5, 5.41) is 4.09. The number of anilines is 2. The van der Waals surface area contributed by atoms with E-state index in [4.69, 9.17) is 42.4 Å². The van der Waals surface area contributed by atoms with Gasteiger partial charge in [-0.3, -0.25) is 19.5 Å². The summed E-state index contributed by atoms with van der Waals surface area (Å²) in [4.78, 5) is 36.3. The van der Waals surface area contributed by atoms with Crippen molar-refractivity contribution in [1.82, 2.24) is 14.5 Å². The van der Waals surface area contributed by atoms with Gasteiger partial charge in [-0.15, -0.1) is 0 Å². The second-order valence-electron chi connectivity index (χ2n) is 11.7. The van der Waals surface area contributed by atoms with Gasteiger partial charge in [-0.05, 0) is 51.6 Å². The number of rotatable bonds is 10. The van der Waals surface area contributed by atoms with Crippen LogP contribution in [-0.4, -0.2) is 73.4 Å². The van der Waals surface area contributed by atoms with Crippen molar-refractivity contribution in [2.75, 3.05) is 51.2 Å². The number of aromatic nitrogens is 2. The molecule has 1 aliphatic heterocycles. The Labute approximate surface area is 290 Å². The van der Waals surface area contributed by atoms with Crippen LogP contribution in [0.5, 0.6) is 17.2 Å². The third-order valence-corrected chi connectivity index (χ3v) is 9.73. The molecule has 10 nitrogen and oxygen atoms in total. The number of carbonyl (C=O) groups excluding carboxylic acids is 1. The van der Waals surface area contributed by atoms with Crippen LogP contribution in [-0.2, 0) is 11.3 Å². The van der Waals surface area contributed by atoms with E-state index < -0.39 is 0 Å². The molecule has 1 fully saturated rings. The quantitative estimate of drug-likeness (QED) is 0.175. The van der Waals surface area contributed by atoms with Crippen molar-refractivity contribution in [1.29, 1.82) is 0 Å². The molecule has 48 heavy (non-hydrogen) atoms. The number of halogens is 2. The molecule has 0 spiro atoms. The fourth-order valence-corrected chi connectivity index (χ4v) is 7.40. The number of nitrogens with one attached hydrogen (secondary N) is 1. The molecule has 2 aromatic heterocycles. The van der Waals surface area contributed by atoms with Gasteiger partial charge in [0.2, 0.25) is 5.91 Å². The molecule has 1 saturated heterocycles. The van der Waals surface area contributed by atoms with Crippen molar-refractivity contribution in [2.45, 2.75) is 46.3 Å². The van der Waals surface area contributed by atoms with Gasteiger partial charge in [0.1, 0.15) is 17.2 Å². The lowest BCUT2D eigenvalue weighted by Crippen LogP contribution is -2.56. The van der Waals surface area contributed by atoms with E-state index >= 15 is 0 Å². The van der Waals surface area contributed by atoms with E-state index in [1.807, 2.05) is 25.1 Å². The van der Waals surface area contributed by atoms with E-state index in [1.54, 1.807) is 30.0 Å². The molecule has 3 heterocycles. The number of carbonyl (C=O) groups is 1. The summed E-state index contributed by atoms with van der Waals surface area (Å²) < 4.78 is 18.5. The van der Waals surface area contributed by atoms with Crippen LogP contribution in [0.25, 0.3) is 33.3 Å². The van der Waals surface area contributed by atoms with Crippen molar-refractivity contribution in [3.05, 3.63) is 69.6 Å². The number of nitrogens with zero attached hydrogens (tertiary/aromatic N) is 4. The normalized spacial score (nSPS) is 16.6. The molecule has 4 aromatic rings. The van der Waals surface area contributed by atoms with Crippen molar-refractivity contribution in [2.24, 2.45) is 0 Å². The Balaban J connectivity index is 1.68. The maximum atomic E-state index is 14.1. The number of aryl methyl sites for hydroxylation is 1. The molecule has 0 radical (unpaired) electrons. The molecule has 12 heteroatoms. The average Bonchev–Trinajstić information content (AvgIpc) is 3.08. The topological polar surface area (TPSA) is 98.2 Å². The van der Waals surface area contributed by atoms with Crippen molar-refractivity contribution in [3.8, 4) is 39.6 Å². The van der Waals surface area contributed by atoms with Crippen LogP contribution in [0.15, 0.2) is 54.0 Å². The summed E-state index contributed by atoms with van der Waals surface area (Å²) in [6.45, 7) is 15.0. The van der Waals surface area contributed by atoms with Crippen LogP contribution in [0, 0.1) is 0 Å². The lowest BCUT2D eigenvalue weighted by atomic mass is 10.0. The first-order chi connectivity index (χ1) is 23.0. The van der Waals surface area contributed by atoms with Crippen LogP contribution in [0.1, 0.15) is 27.7 Å². The Morgan fingerprint density at radius 3 is 2.10 bits per heavy atom.